The highest BCUT2D eigenvalue weighted by Gasteiger charge is 2.17. The summed E-state index contributed by atoms with van der Waals surface area (Å²) in [6, 6.07) is 11.2. The van der Waals surface area contributed by atoms with Gasteiger partial charge in [-0.1, -0.05) is 30.3 Å². The molecule has 0 N–H and O–H groups in total. The van der Waals surface area contributed by atoms with Gasteiger partial charge in [0, 0.05) is 6.07 Å². The molecule has 1 heterocycles. The number of carbonyl (C=O) groups excluding carboxylic acids is 1. The van der Waals surface area contributed by atoms with Crippen LogP contribution in [-0.2, 0) is 16.1 Å². The third kappa shape index (κ3) is 5.07. The Labute approximate surface area is 152 Å². The Bertz CT molecular complexity index is 740. The molecule has 0 spiro atoms. The fourth-order valence-electron chi connectivity index (χ4n) is 1.84. The standard InChI is InChI=1S/C17H17IO6/c1-11(22-10-12-6-4-3-5-7-12)9-23-15-13(18)8-14(16(19)21-2)24-17(15)20/h3-8,11H,9-10H2,1-2H3/t11-/m1/s1. The van der Waals surface area contributed by atoms with Crippen LogP contribution in [0.1, 0.15) is 23.0 Å². The van der Waals surface area contributed by atoms with Gasteiger partial charge in [-0.25, -0.2) is 9.59 Å². The van der Waals surface area contributed by atoms with Crippen molar-refractivity contribution in [3.05, 3.63) is 61.7 Å². The van der Waals surface area contributed by atoms with Gasteiger partial charge in [-0.2, -0.15) is 0 Å². The zero-order valence-electron chi connectivity index (χ0n) is 13.3. The quantitative estimate of drug-likeness (QED) is 0.483. The number of carbonyl (C=O) groups is 1. The van der Waals surface area contributed by atoms with Crippen molar-refractivity contribution in [3.63, 3.8) is 0 Å². The van der Waals surface area contributed by atoms with Crippen LogP contribution in [0.3, 0.4) is 0 Å². The van der Waals surface area contributed by atoms with Gasteiger partial charge in [-0.3, -0.25) is 0 Å². The molecule has 128 valence electrons. The summed E-state index contributed by atoms with van der Waals surface area (Å²) in [4.78, 5) is 23.3. The Balaban J connectivity index is 1.94. The predicted molar refractivity (Wildman–Crippen MR) is 95.2 cm³/mol. The monoisotopic (exact) mass is 444 g/mol. The summed E-state index contributed by atoms with van der Waals surface area (Å²) in [5, 5.41) is 0. The lowest BCUT2D eigenvalue weighted by atomic mass is 10.2. The molecule has 0 saturated heterocycles. The zero-order chi connectivity index (χ0) is 17.5. The van der Waals surface area contributed by atoms with Gasteiger partial charge < -0.3 is 18.6 Å². The van der Waals surface area contributed by atoms with E-state index in [0.29, 0.717) is 10.2 Å². The highest BCUT2D eigenvalue weighted by Crippen LogP contribution is 2.18. The van der Waals surface area contributed by atoms with E-state index in [1.165, 1.54) is 13.2 Å². The Hall–Kier alpha value is -1.87. The maximum atomic E-state index is 11.9. The van der Waals surface area contributed by atoms with Crippen molar-refractivity contribution in [1.82, 2.24) is 0 Å². The van der Waals surface area contributed by atoms with Gasteiger partial charge in [0.2, 0.25) is 11.5 Å². The number of ether oxygens (including phenoxy) is 3. The molecule has 0 bridgehead atoms. The summed E-state index contributed by atoms with van der Waals surface area (Å²) in [5.41, 5.74) is 0.332. The van der Waals surface area contributed by atoms with Crippen LogP contribution in [0, 0.1) is 3.57 Å². The van der Waals surface area contributed by atoms with Crippen molar-refractivity contribution in [2.45, 2.75) is 19.6 Å². The van der Waals surface area contributed by atoms with E-state index in [-0.39, 0.29) is 24.2 Å². The molecular formula is C17H17IO6. The highest BCUT2D eigenvalue weighted by molar-refractivity contribution is 14.1. The summed E-state index contributed by atoms with van der Waals surface area (Å²) in [6.07, 6.45) is -0.222. The Morgan fingerprint density at radius 1 is 1.29 bits per heavy atom. The van der Waals surface area contributed by atoms with Crippen LogP contribution < -0.4 is 10.4 Å². The molecule has 0 aliphatic rings. The van der Waals surface area contributed by atoms with Crippen molar-refractivity contribution < 1.29 is 23.4 Å². The number of hydrogen-bond acceptors (Lipinski definition) is 6. The number of halogens is 1. The fraction of sp³-hybridized carbons (Fsp3) is 0.294. The van der Waals surface area contributed by atoms with Crippen molar-refractivity contribution in [3.8, 4) is 5.75 Å². The molecule has 0 radical (unpaired) electrons. The average molecular weight is 444 g/mol. The summed E-state index contributed by atoms with van der Waals surface area (Å²) < 4.78 is 21.1. The number of benzene rings is 1. The van der Waals surface area contributed by atoms with Gasteiger partial charge in [0.05, 0.1) is 23.4 Å². The lowest BCUT2D eigenvalue weighted by Gasteiger charge is -2.14. The second-order valence-electron chi connectivity index (χ2n) is 4.98. The second kappa shape index (κ2) is 8.84. The molecule has 1 atom stereocenters. The van der Waals surface area contributed by atoms with E-state index in [1.54, 1.807) is 0 Å². The zero-order valence-corrected chi connectivity index (χ0v) is 15.4. The average Bonchev–Trinajstić information content (AvgIpc) is 2.59. The van der Waals surface area contributed by atoms with Gasteiger partial charge in [-0.05, 0) is 35.1 Å². The molecule has 2 aromatic rings. The van der Waals surface area contributed by atoms with Crippen LogP contribution in [0.2, 0.25) is 0 Å². The van der Waals surface area contributed by atoms with Crippen LogP contribution in [0.5, 0.6) is 5.75 Å². The summed E-state index contributed by atoms with van der Waals surface area (Å²) >= 11 is 1.91. The molecule has 1 aromatic heterocycles. The minimum atomic E-state index is -0.724. The van der Waals surface area contributed by atoms with Crippen molar-refractivity contribution >= 4 is 28.6 Å². The number of hydrogen-bond donors (Lipinski definition) is 0. The SMILES string of the molecule is COC(=O)c1cc(I)c(OC[C@@H](C)OCc2ccccc2)c(=O)o1. The molecule has 2 rings (SSSR count). The molecule has 0 amide bonds. The molecular weight excluding hydrogens is 427 g/mol. The molecule has 24 heavy (non-hydrogen) atoms. The number of rotatable bonds is 7. The lowest BCUT2D eigenvalue weighted by Crippen LogP contribution is -2.21. The first kappa shape index (κ1) is 18.5. The van der Waals surface area contributed by atoms with Crippen LogP contribution >= 0.6 is 22.6 Å². The molecule has 0 fully saturated rings. The summed E-state index contributed by atoms with van der Waals surface area (Å²) in [5.74, 6) is -0.817. The van der Waals surface area contributed by atoms with Gasteiger partial charge in [0.15, 0.2) is 0 Å². The van der Waals surface area contributed by atoms with E-state index in [4.69, 9.17) is 13.9 Å². The molecule has 0 aliphatic carbocycles. The van der Waals surface area contributed by atoms with Crippen LogP contribution in [0.25, 0.3) is 0 Å². The van der Waals surface area contributed by atoms with Crippen molar-refractivity contribution in [2.24, 2.45) is 0 Å². The van der Waals surface area contributed by atoms with E-state index < -0.39 is 11.6 Å². The minimum absolute atomic E-state index is 0.0541. The van der Waals surface area contributed by atoms with Gasteiger partial charge >= 0.3 is 11.6 Å². The van der Waals surface area contributed by atoms with Crippen molar-refractivity contribution in [2.75, 3.05) is 13.7 Å². The van der Waals surface area contributed by atoms with Crippen LogP contribution in [0.15, 0.2) is 45.6 Å². The molecule has 0 aliphatic heterocycles. The van der Waals surface area contributed by atoms with Gasteiger partial charge in [0.25, 0.3) is 0 Å². The number of methoxy groups -OCH3 is 1. The summed E-state index contributed by atoms with van der Waals surface area (Å²) in [6.45, 7) is 2.49. The Morgan fingerprint density at radius 2 is 2.00 bits per heavy atom. The van der Waals surface area contributed by atoms with Crippen LogP contribution in [-0.4, -0.2) is 25.8 Å². The predicted octanol–water partition coefficient (Wildman–Crippen LogP) is 3.02. The number of esters is 1. The Morgan fingerprint density at radius 3 is 2.62 bits per heavy atom. The van der Waals surface area contributed by atoms with E-state index in [9.17, 15) is 9.59 Å². The summed E-state index contributed by atoms with van der Waals surface area (Å²) in [7, 11) is 1.21. The molecule has 1 aromatic carbocycles. The highest BCUT2D eigenvalue weighted by atomic mass is 127. The Kier molecular flexibility index (Phi) is 6.80. The van der Waals surface area contributed by atoms with Crippen molar-refractivity contribution in [1.29, 1.82) is 0 Å². The van der Waals surface area contributed by atoms with E-state index in [2.05, 4.69) is 4.74 Å². The van der Waals surface area contributed by atoms with E-state index in [1.807, 2.05) is 59.8 Å². The van der Waals surface area contributed by atoms with E-state index >= 15 is 0 Å². The maximum absolute atomic E-state index is 11.9. The largest absolute Gasteiger partial charge is 0.483 e. The second-order valence-corrected chi connectivity index (χ2v) is 6.15. The smallest absolute Gasteiger partial charge is 0.380 e. The molecule has 7 heteroatoms. The normalized spacial score (nSPS) is 11.8. The fourth-order valence-corrected chi connectivity index (χ4v) is 2.50. The lowest BCUT2D eigenvalue weighted by molar-refractivity contribution is 0.0201. The maximum Gasteiger partial charge on any atom is 0.380 e. The topological polar surface area (TPSA) is 75.0 Å². The van der Waals surface area contributed by atoms with Crippen LogP contribution in [0.4, 0.5) is 0 Å². The third-order valence-electron chi connectivity index (χ3n) is 3.09. The first-order valence-corrected chi connectivity index (χ1v) is 8.29. The molecule has 0 unspecified atom stereocenters. The van der Waals surface area contributed by atoms with E-state index in [0.717, 1.165) is 5.56 Å². The first-order valence-electron chi connectivity index (χ1n) is 7.21. The van der Waals surface area contributed by atoms with Gasteiger partial charge in [0.1, 0.15) is 6.61 Å². The molecule has 0 saturated carbocycles. The first-order chi connectivity index (χ1) is 11.5. The molecule has 6 nitrogen and oxygen atoms in total. The third-order valence-corrected chi connectivity index (χ3v) is 3.89. The minimum Gasteiger partial charge on any atom is -0.483 e. The van der Waals surface area contributed by atoms with Gasteiger partial charge in [-0.15, -0.1) is 0 Å².